The van der Waals surface area contributed by atoms with Crippen LogP contribution in [0.25, 0.3) is 5.65 Å². The largest absolute Gasteiger partial charge is 0.385 e. The number of H-pyrrole nitrogens is 1. The first-order valence-electron chi connectivity index (χ1n) is 6.40. The maximum Gasteiger partial charge on any atom is 0.349 e. The highest BCUT2D eigenvalue weighted by molar-refractivity contribution is 5.49. The molecule has 0 aliphatic carbocycles. The summed E-state index contributed by atoms with van der Waals surface area (Å²) in [6, 6.07) is 1.76. The van der Waals surface area contributed by atoms with E-state index in [0.717, 1.165) is 38.2 Å². The van der Waals surface area contributed by atoms with Gasteiger partial charge in [-0.2, -0.15) is 5.10 Å². The predicted octanol–water partition coefficient (Wildman–Crippen LogP) is 0.955. The molecule has 0 fully saturated rings. The lowest BCUT2D eigenvalue weighted by Crippen LogP contribution is -2.14. The molecule has 0 atom stereocenters. The van der Waals surface area contributed by atoms with Crippen LogP contribution >= 0.6 is 0 Å². The van der Waals surface area contributed by atoms with Gasteiger partial charge >= 0.3 is 5.69 Å². The van der Waals surface area contributed by atoms with Crippen molar-refractivity contribution < 1.29 is 4.74 Å². The third kappa shape index (κ3) is 3.31. The lowest BCUT2D eigenvalue weighted by atomic mass is 10.2. The monoisotopic (exact) mass is 265 g/mol. The van der Waals surface area contributed by atoms with Crippen molar-refractivity contribution in [3.05, 3.63) is 22.4 Å². The minimum absolute atomic E-state index is 0.258. The molecule has 0 saturated carbocycles. The Morgan fingerprint density at radius 3 is 3.05 bits per heavy atom. The number of aromatic amines is 1. The second-order valence-corrected chi connectivity index (χ2v) is 4.39. The number of aromatic nitrogens is 4. The number of fused-ring (bicyclic) bond motifs is 1. The number of ether oxygens (including phenoxy) is 1. The molecule has 19 heavy (non-hydrogen) atoms. The van der Waals surface area contributed by atoms with Crippen LogP contribution in [-0.4, -0.2) is 39.8 Å². The molecule has 0 aliphatic rings. The third-order valence-corrected chi connectivity index (χ3v) is 2.90. The number of hydrogen-bond donors (Lipinski definition) is 2. The van der Waals surface area contributed by atoms with Gasteiger partial charge in [-0.15, -0.1) is 0 Å². The number of anilines is 1. The Morgan fingerprint density at radius 2 is 2.26 bits per heavy atom. The summed E-state index contributed by atoms with van der Waals surface area (Å²) >= 11 is 0. The highest BCUT2D eigenvalue weighted by Crippen LogP contribution is 2.08. The van der Waals surface area contributed by atoms with Crippen LogP contribution < -0.4 is 11.0 Å². The highest BCUT2D eigenvalue weighted by atomic mass is 16.5. The molecule has 2 aromatic rings. The fourth-order valence-electron chi connectivity index (χ4n) is 1.95. The van der Waals surface area contributed by atoms with Gasteiger partial charge in [0.1, 0.15) is 11.6 Å². The molecule has 0 aliphatic heterocycles. The number of unbranched alkanes of at least 4 members (excludes halogenated alkanes) is 2. The van der Waals surface area contributed by atoms with E-state index in [1.807, 2.05) is 0 Å². The van der Waals surface area contributed by atoms with E-state index in [9.17, 15) is 4.79 Å². The summed E-state index contributed by atoms with van der Waals surface area (Å²) in [6.07, 6.45) is 3.24. The minimum Gasteiger partial charge on any atom is -0.385 e. The van der Waals surface area contributed by atoms with Crippen molar-refractivity contribution in [3.8, 4) is 0 Å². The smallest absolute Gasteiger partial charge is 0.349 e. The van der Waals surface area contributed by atoms with Crippen LogP contribution in [0.1, 0.15) is 25.1 Å². The molecule has 0 spiro atoms. The summed E-state index contributed by atoms with van der Waals surface area (Å²) in [5.41, 5.74) is 0.325. The first-order valence-corrected chi connectivity index (χ1v) is 6.40. The van der Waals surface area contributed by atoms with Gasteiger partial charge < -0.3 is 10.1 Å². The fraction of sp³-hybridized carbons (Fsp3) is 0.583. The molecule has 2 heterocycles. The molecule has 0 aromatic carbocycles. The normalized spacial score (nSPS) is 11.1. The Hall–Kier alpha value is -1.89. The van der Waals surface area contributed by atoms with Gasteiger partial charge in [-0.05, 0) is 26.2 Å². The Kier molecular flexibility index (Phi) is 4.51. The Labute approximate surface area is 111 Å². The van der Waals surface area contributed by atoms with Crippen LogP contribution in [-0.2, 0) is 4.74 Å². The summed E-state index contributed by atoms with van der Waals surface area (Å²) in [4.78, 5) is 15.8. The topological polar surface area (TPSA) is 84.3 Å². The average Bonchev–Trinajstić information content (AvgIpc) is 2.76. The van der Waals surface area contributed by atoms with Gasteiger partial charge in [-0.25, -0.2) is 19.3 Å². The second-order valence-electron chi connectivity index (χ2n) is 4.39. The predicted molar refractivity (Wildman–Crippen MR) is 72.6 cm³/mol. The molecular formula is C12H19N5O2. The summed E-state index contributed by atoms with van der Waals surface area (Å²) in [5, 5.41) is 9.59. The molecule has 2 N–H and O–H groups in total. The number of nitrogens with one attached hydrogen (secondary N) is 2. The van der Waals surface area contributed by atoms with E-state index < -0.39 is 0 Å². The first-order chi connectivity index (χ1) is 9.22. The molecule has 0 saturated heterocycles. The zero-order chi connectivity index (χ0) is 13.7. The summed E-state index contributed by atoms with van der Waals surface area (Å²) in [7, 11) is 1.71. The van der Waals surface area contributed by atoms with Crippen LogP contribution in [0.3, 0.4) is 0 Å². The third-order valence-electron chi connectivity index (χ3n) is 2.90. The van der Waals surface area contributed by atoms with Crippen LogP contribution in [0.4, 0.5) is 5.82 Å². The van der Waals surface area contributed by atoms with Crippen molar-refractivity contribution in [2.24, 2.45) is 0 Å². The van der Waals surface area contributed by atoms with E-state index in [4.69, 9.17) is 4.74 Å². The first kappa shape index (κ1) is 13.5. The van der Waals surface area contributed by atoms with Crippen molar-refractivity contribution in [3.63, 3.8) is 0 Å². The fourth-order valence-corrected chi connectivity index (χ4v) is 1.95. The van der Waals surface area contributed by atoms with E-state index in [0.29, 0.717) is 11.5 Å². The summed E-state index contributed by atoms with van der Waals surface area (Å²) < 4.78 is 6.44. The van der Waals surface area contributed by atoms with Gasteiger partial charge in [-0.1, -0.05) is 0 Å². The summed E-state index contributed by atoms with van der Waals surface area (Å²) in [5.74, 6) is 1.37. The van der Waals surface area contributed by atoms with Crippen molar-refractivity contribution in [2.75, 3.05) is 25.6 Å². The average molecular weight is 265 g/mol. The lowest BCUT2D eigenvalue weighted by Gasteiger charge is -2.07. The molecule has 2 aromatic heterocycles. The molecule has 104 valence electrons. The van der Waals surface area contributed by atoms with Gasteiger partial charge in [0.15, 0.2) is 5.65 Å². The molecule has 0 unspecified atom stereocenters. The number of aryl methyl sites for hydroxylation is 1. The zero-order valence-electron chi connectivity index (χ0n) is 11.3. The standard InChI is InChI=1S/C12H19N5O2/c1-9-14-10(13-6-4-3-5-7-19-2)8-11-15-16-12(18)17(9)11/h8,13H,3-7H2,1-2H3,(H,16,18). The van der Waals surface area contributed by atoms with Crippen LogP contribution in [0, 0.1) is 6.92 Å². The maximum absolute atomic E-state index is 11.4. The van der Waals surface area contributed by atoms with E-state index in [1.165, 1.54) is 4.40 Å². The Bertz CT molecular complexity index is 589. The number of hydrogen-bond acceptors (Lipinski definition) is 5. The minimum atomic E-state index is -0.258. The molecule has 2 rings (SSSR count). The lowest BCUT2D eigenvalue weighted by molar-refractivity contribution is 0.192. The van der Waals surface area contributed by atoms with Crippen LogP contribution in [0.15, 0.2) is 10.9 Å². The van der Waals surface area contributed by atoms with Crippen molar-refractivity contribution in [1.29, 1.82) is 0 Å². The van der Waals surface area contributed by atoms with E-state index in [-0.39, 0.29) is 5.69 Å². The quantitative estimate of drug-likeness (QED) is 0.728. The molecule has 0 bridgehead atoms. The van der Waals surface area contributed by atoms with Gasteiger partial charge in [-0.3, -0.25) is 0 Å². The van der Waals surface area contributed by atoms with Gasteiger partial charge in [0.05, 0.1) is 0 Å². The van der Waals surface area contributed by atoms with Crippen molar-refractivity contribution >= 4 is 11.5 Å². The molecule has 7 heteroatoms. The highest BCUT2D eigenvalue weighted by Gasteiger charge is 2.06. The van der Waals surface area contributed by atoms with Crippen molar-refractivity contribution in [2.45, 2.75) is 26.2 Å². The van der Waals surface area contributed by atoms with E-state index in [2.05, 4.69) is 20.5 Å². The van der Waals surface area contributed by atoms with Gasteiger partial charge in [0.25, 0.3) is 0 Å². The molecule has 0 radical (unpaired) electrons. The second kappa shape index (κ2) is 6.33. The molecule has 7 nitrogen and oxygen atoms in total. The SMILES string of the molecule is COCCCCCNc1cc2n[nH]c(=O)n2c(C)n1. The van der Waals surface area contributed by atoms with E-state index >= 15 is 0 Å². The van der Waals surface area contributed by atoms with Crippen LogP contribution in [0.5, 0.6) is 0 Å². The zero-order valence-corrected chi connectivity index (χ0v) is 11.3. The Morgan fingerprint density at radius 1 is 1.42 bits per heavy atom. The van der Waals surface area contributed by atoms with Crippen LogP contribution in [0.2, 0.25) is 0 Å². The Balaban J connectivity index is 1.92. The summed E-state index contributed by atoms with van der Waals surface area (Å²) in [6.45, 7) is 3.44. The molecule has 0 amide bonds. The van der Waals surface area contributed by atoms with Gasteiger partial charge in [0.2, 0.25) is 0 Å². The number of rotatable bonds is 7. The molecular weight excluding hydrogens is 246 g/mol. The van der Waals surface area contributed by atoms with Gasteiger partial charge in [0, 0.05) is 26.3 Å². The van der Waals surface area contributed by atoms with E-state index in [1.54, 1.807) is 20.1 Å². The maximum atomic E-state index is 11.4. The number of methoxy groups -OCH3 is 1. The number of nitrogens with zero attached hydrogens (tertiary/aromatic N) is 3. The van der Waals surface area contributed by atoms with Crippen molar-refractivity contribution in [1.82, 2.24) is 19.6 Å².